The Bertz CT molecular complexity index is 666. The highest BCUT2D eigenvalue weighted by Crippen LogP contribution is 2.33. The van der Waals surface area contributed by atoms with E-state index in [4.69, 9.17) is 0 Å². The predicted molar refractivity (Wildman–Crippen MR) is 81.1 cm³/mol. The molecule has 9 heteroatoms. The monoisotopic (exact) mass is 326 g/mol. The molecular weight excluding hydrogens is 308 g/mol. The van der Waals surface area contributed by atoms with Crippen molar-refractivity contribution < 1.29 is 13.3 Å². The molecule has 2 fully saturated rings. The zero-order valence-corrected chi connectivity index (χ0v) is 12.8. The van der Waals surface area contributed by atoms with Gasteiger partial charge in [0.15, 0.2) is 0 Å². The molecule has 0 aromatic carbocycles. The quantitative estimate of drug-likeness (QED) is 0.647. The predicted octanol–water partition coefficient (Wildman–Crippen LogP) is 1.36. The molecule has 1 aliphatic carbocycles. The van der Waals surface area contributed by atoms with Crippen LogP contribution in [0.2, 0.25) is 0 Å². The minimum atomic E-state index is -3.13. The van der Waals surface area contributed by atoms with Crippen LogP contribution in [0.4, 0.5) is 11.5 Å². The Morgan fingerprint density at radius 2 is 1.95 bits per heavy atom. The summed E-state index contributed by atoms with van der Waals surface area (Å²) in [6.07, 6.45) is 4.28. The fourth-order valence-corrected chi connectivity index (χ4v) is 4.55. The first-order valence-electron chi connectivity index (χ1n) is 7.33. The van der Waals surface area contributed by atoms with Crippen molar-refractivity contribution in [2.75, 3.05) is 18.4 Å². The Morgan fingerprint density at radius 3 is 2.55 bits per heavy atom. The number of nitro groups is 1. The summed E-state index contributed by atoms with van der Waals surface area (Å²) >= 11 is 0. The second-order valence-corrected chi connectivity index (χ2v) is 7.90. The summed E-state index contributed by atoms with van der Waals surface area (Å²) in [7, 11) is -3.13. The van der Waals surface area contributed by atoms with Crippen LogP contribution >= 0.6 is 0 Å². The Labute approximate surface area is 128 Å². The summed E-state index contributed by atoms with van der Waals surface area (Å²) in [5.74, 6) is 0.246. The van der Waals surface area contributed by atoms with Gasteiger partial charge in [-0.1, -0.05) is 0 Å². The van der Waals surface area contributed by atoms with Gasteiger partial charge in [-0.15, -0.1) is 0 Å². The lowest BCUT2D eigenvalue weighted by Crippen LogP contribution is -2.43. The molecule has 0 unspecified atom stereocenters. The SMILES string of the molecule is O=[N+]([O-])c1cccnc1NC1CCN(S(=O)(=O)C2CC2)CC1. The maximum Gasteiger partial charge on any atom is 0.311 e. The van der Waals surface area contributed by atoms with Crippen LogP contribution in [-0.2, 0) is 10.0 Å². The van der Waals surface area contributed by atoms with E-state index in [0.29, 0.717) is 25.9 Å². The van der Waals surface area contributed by atoms with Gasteiger partial charge in [0.2, 0.25) is 15.8 Å². The van der Waals surface area contributed by atoms with E-state index in [9.17, 15) is 18.5 Å². The van der Waals surface area contributed by atoms with E-state index in [1.54, 1.807) is 4.31 Å². The first-order chi connectivity index (χ1) is 10.5. The third-order valence-corrected chi connectivity index (χ3v) is 6.48. The number of rotatable bonds is 5. The number of pyridine rings is 1. The highest BCUT2D eigenvalue weighted by atomic mass is 32.2. The molecule has 0 amide bonds. The number of hydrogen-bond acceptors (Lipinski definition) is 6. The minimum absolute atomic E-state index is 0.000692. The van der Waals surface area contributed by atoms with E-state index >= 15 is 0 Å². The molecule has 1 aromatic heterocycles. The van der Waals surface area contributed by atoms with E-state index < -0.39 is 14.9 Å². The largest absolute Gasteiger partial charge is 0.362 e. The molecular formula is C13H18N4O4S. The van der Waals surface area contributed by atoms with Crippen LogP contribution in [-0.4, -0.2) is 47.0 Å². The summed E-state index contributed by atoms with van der Waals surface area (Å²) < 4.78 is 25.9. The Hall–Kier alpha value is -1.74. The third kappa shape index (κ3) is 3.05. The molecule has 120 valence electrons. The summed E-state index contributed by atoms with van der Waals surface area (Å²) in [6.45, 7) is 0.911. The van der Waals surface area contributed by atoms with Gasteiger partial charge < -0.3 is 5.32 Å². The molecule has 1 saturated carbocycles. The number of aromatic nitrogens is 1. The van der Waals surface area contributed by atoms with E-state index in [-0.39, 0.29) is 22.8 Å². The zero-order chi connectivity index (χ0) is 15.7. The molecule has 1 aliphatic heterocycles. The zero-order valence-electron chi connectivity index (χ0n) is 12.0. The van der Waals surface area contributed by atoms with Crippen LogP contribution < -0.4 is 5.32 Å². The van der Waals surface area contributed by atoms with Crippen LogP contribution in [0.1, 0.15) is 25.7 Å². The maximum atomic E-state index is 12.2. The fraction of sp³-hybridized carbons (Fsp3) is 0.615. The molecule has 2 aliphatic rings. The van der Waals surface area contributed by atoms with E-state index in [1.807, 2.05) is 0 Å². The van der Waals surface area contributed by atoms with Gasteiger partial charge in [0.05, 0.1) is 10.2 Å². The Kier molecular flexibility index (Phi) is 4.00. The second-order valence-electron chi connectivity index (χ2n) is 5.69. The number of anilines is 1. The average molecular weight is 326 g/mol. The van der Waals surface area contributed by atoms with Gasteiger partial charge in [0.25, 0.3) is 0 Å². The first-order valence-corrected chi connectivity index (χ1v) is 8.83. The summed E-state index contributed by atoms with van der Waals surface area (Å²) in [5, 5.41) is 13.9. The van der Waals surface area contributed by atoms with Crippen LogP contribution in [0.5, 0.6) is 0 Å². The summed E-state index contributed by atoms with van der Waals surface area (Å²) in [4.78, 5) is 14.5. The normalized spacial score (nSPS) is 20.7. The molecule has 0 spiro atoms. The molecule has 22 heavy (non-hydrogen) atoms. The van der Waals surface area contributed by atoms with Crippen molar-refractivity contribution in [2.45, 2.75) is 37.0 Å². The van der Waals surface area contributed by atoms with Gasteiger partial charge in [-0.25, -0.2) is 17.7 Å². The van der Waals surface area contributed by atoms with Gasteiger partial charge in [-0.05, 0) is 31.7 Å². The van der Waals surface area contributed by atoms with Crippen LogP contribution in [0.3, 0.4) is 0 Å². The lowest BCUT2D eigenvalue weighted by Gasteiger charge is -2.31. The summed E-state index contributed by atoms with van der Waals surface area (Å²) in [5.41, 5.74) is -0.0597. The third-order valence-electron chi connectivity index (χ3n) is 4.08. The lowest BCUT2D eigenvalue weighted by molar-refractivity contribution is -0.384. The van der Waals surface area contributed by atoms with Crippen molar-refractivity contribution in [3.8, 4) is 0 Å². The standard InChI is InChI=1S/C13H18N4O4S/c18-17(19)12-2-1-7-14-13(12)15-10-5-8-16(9-6-10)22(20,21)11-3-4-11/h1-2,7,10-11H,3-6,8-9H2,(H,14,15). The van der Waals surface area contributed by atoms with E-state index in [1.165, 1.54) is 18.3 Å². The van der Waals surface area contributed by atoms with Crippen molar-refractivity contribution in [1.82, 2.24) is 9.29 Å². The van der Waals surface area contributed by atoms with Crippen molar-refractivity contribution in [1.29, 1.82) is 0 Å². The van der Waals surface area contributed by atoms with Gasteiger partial charge in [0.1, 0.15) is 0 Å². The van der Waals surface area contributed by atoms with Crippen molar-refractivity contribution in [3.05, 3.63) is 28.4 Å². The van der Waals surface area contributed by atoms with Crippen LogP contribution in [0.15, 0.2) is 18.3 Å². The van der Waals surface area contributed by atoms with Crippen molar-refractivity contribution >= 4 is 21.5 Å². The number of hydrogen-bond donors (Lipinski definition) is 1. The number of nitrogens with zero attached hydrogens (tertiary/aromatic N) is 3. The Morgan fingerprint density at radius 1 is 1.27 bits per heavy atom. The summed E-state index contributed by atoms with van der Waals surface area (Å²) in [6, 6.07) is 2.93. The Balaban J connectivity index is 1.62. The highest BCUT2D eigenvalue weighted by Gasteiger charge is 2.41. The molecule has 1 aromatic rings. The smallest absolute Gasteiger partial charge is 0.311 e. The molecule has 1 N–H and O–H groups in total. The molecule has 8 nitrogen and oxygen atoms in total. The fourth-order valence-electron chi connectivity index (χ4n) is 2.68. The number of nitrogens with one attached hydrogen (secondary N) is 1. The molecule has 0 bridgehead atoms. The molecule has 3 rings (SSSR count). The minimum Gasteiger partial charge on any atom is -0.362 e. The maximum absolute atomic E-state index is 12.2. The van der Waals surface area contributed by atoms with Crippen LogP contribution in [0, 0.1) is 10.1 Å². The topological polar surface area (TPSA) is 105 Å². The highest BCUT2D eigenvalue weighted by molar-refractivity contribution is 7.90. The van der Waals surface area contributed by atoms with Crippen molar-refractivity contribution in [3.63, 3.8) is 0 Å². The van der Waals surface area contributed by atoms with E-state index in [0.717, 1.165) is 12.8 Å². The van der Waals surface area contributed by atoms with Gasteiger partial charge in [-0.2, -0.15) is 0 Å². The average Bonchev–Trinajstić information content (AvgIpc) is 3.33. The molecule has 0 radical (unpaired) electrons. The second kappa shape index (κ2) is 5.81. The first kappa shape index (κ1) is 15.2. The lowest BCUT2D eigenvalue weighted by atomic mass is 10.1. The molecule has 0 atom stereocenters. The number of piperidine rings is 1. The van der Waals surface area contributed by atoms with Crippen LogP contribution in [0.25, 0.3) is 0 Å². The van der Waals surface area contributed by atoms with Gasteiger partial charge >= 0.3 is 5.69 Å². The number of sulfonamides is 1. The van der Waals surface area contributed by atoms with E-state index in [2.05, 4.69) is 10.3 Å². The molecule has 2 heterocycles. The van der Waals surface area contributed by atoms with Gasteiger partial charge in [-0.3, -0.25) is 10.1 Å². The van der Waals surface area contributed by atoms with Gasteiger partial charge in [0, 0.05) is 31.4 Å². The van der Waals surface area contributed by atoms with Crippen molar-refractivity contribution in [2.24, 2.45) is 0 Å². The molecule has 1 saturated heterocycles.